The lowest BCUT2D eigenvalue weighted by Gasteiger charge is -2.36. The Morgan fingerprint density at radius 3 is 1.36 bits per heavy atom. The molecule has 4 atom stereocenters. The molecule has 0 saturated heterocycles. The van der Waals surface area contributed by atoms with E-state index in [1.165, 1.54) is 0 Å². The first kappa shape index (κ1) is 43.1. The zero-order valence-corrected chi connectivity index (χ0v) is 32.8. The highest BCUT2D eigenvalue weighted by Gasteiger charge is 2.45. The summed E-state index contributed by atoms with van der Waals surface area (Å²) >= 11 is 0. The largest absolute Gasteiger partial charge is 0.508 e. The van der Waals surface area contributed by atoms with Crippen LogP contribution in [0.3, 0.4) is 0 Å². The first-order valence-corrected chi connectivity index (χ1v) is 18.7. The van der Waals surface area contributed by atoms with Gasteiger partial charge in [0.1, 0.15) is 29.1 Å². The second kappa shape index (κ2) is 15.7. The molecule has 23 heteroatoms. The van der Waals surface area contributed by atoms with Crippen LogP contribution in [0.25, 0.3) is 11.1 Å². The second-order valence-electron chi connectivity index (χ2n) is 14.7. The zero-order chi connectivity index (χ0) is 47.8. The lowest BCUT2D eigenvalue weighted by atomic mass is 9.84. The monoisotopic (exact) mass is 916 g/mol. The molecule has 4 unspecified atom stereocenters. The number of hydrogen-bond acceptors (Lipinski definition) is 23. The van der Waals surface area contributed by atoms with Gasteiger partial charge in [-0.25, -0.2) is 9.59 Å². The van der Waals surface area contributed by atoms with E-state index in [4.69, 9.17) is 23.7 Å². The van der Waals surface area contributed by atoms with E-state index in [2.05, 4.69) is 0 Å². The van der Waals surface area contributed by atoms with Gasteiger partial charge in [-0.05, 0) is 36.4 Å². The van der Waals surface area contributed by atoms with Gasteiger partial charge in [-0.1, -0.05) is 0 Å². The molecular weight excluding hydrogens is 884 g/mol. The smallest absolute Gasteiger partial charge is 0.341 e. The van der Waals surface area contributed by atoms with E-state index in [9.17, 15) is 91.3 Å². The molecule has 2 heterocycles. The van der Waals surface area contributed by atoms with Gasteiger partial charge in [0, 0.05) is 58.5 Å². The Bertz CT molecular complexity index is 2790. The summed E-state index contributed by atoms with van der Waals surface area (Å²) in [6.07, 6.45) is -8.52. The quantitative estimate of drug-likeness (QED) is 0.0786. The summed E-state index contributed by atoms with van der Waals surface area (Å²) in [5.74, 6) is -20.2. The summed E-state index contributed by atoms with van der Waals surface area (Å²) in [4.78, 5) is 27.2. The van der Waals surface area contributed by atoms with Crippen LogP contribution in [0.5, 0.6) is 109 Å². The van der Waals surface area contributed by atoms with Crippen molar-refractivity contribution in [3.05, 3.63) is 88.5 Å². The number of phenolic OH excluding ortho intramolecular Hbond substituents is 16. The minimum Gasteiger partial charge on any atom is -0.508 e. The van der Waals surface area contributed by atoms with Crippen LogP contribution in [0.4, 0.5) is 0 Å². The minimum absolute atomic E-state index is 0.101. The van der Waals surface area contributed by atoms with Gasteiger partial charge in [-0.2, -0.15) is 0 Å². The van der Waals surface area contributed by atoms with Gasteiger partial charge in [0.2, 0.25) is 17.2 Å². The van der Waals surface area contributed by atoms with Gasteiger partial charge in [-0.3, -0.25) is 0 Å². The molecule has 23 nitrogen and oxygen atoms in total. The van der Waals surface area contributed by atoms with E-state index in [-0.39, 0.29) is 11.3 Å². The minimum atomic E-state index is -2.23. The van der Waals surface area contributed by atoms with Crippen molar-refractivity contribution in [3.8, 4) is 120 Å². The average molecular weight is 917 g/mol. The summed E-state index contributed by atoms with van der Waals surface area (Å²) < 4.78 is 29.2. The molecule has 6 aromatic carbocycles. The van der Waals surface area contributed by atoms with Crippen molar-refractivity contribution >= 4 is 11.9 Å². The van der Waals surface area contributed by atoms with Crippen LogP contribution < -0.4 is 14.2 Å². The number of hydrogen-bond donors (Lipinski definition) is 16. The maximum absolute atomic E-state index is 13.7. The molecule has 0 fully saturated rings. The van der Waals surface area contributed by atoms with Crippen molar-refractivity contribution < 1.29 is 115 Å². The molecule has 0 aliphatic carbocycles. The van der Waals surface area contributed by atoms with Gasteiger partial charge in [0.15, 0.2) is 81.2 Å². The molecule has 0 radical (unpaired) electrons. The Morgan fingerprint density at radius 1 is 0.424 bits per heavy atom. The van der Waals surface area contributed by atoms with Gasteiger partial charge in [0.05, 0.1) is 11.1 Å². The molecule has 0 amide bonds. The van der Waals surface area contributed by atoms with Crippen molar-refractivity contribution in [2.24, 2.45) is 0 Å². The number of benzene rings is 6. The third-order valence-electron chi connectivity index (χ3n) is 10.4. The molecule has 0 spiro atoms. The highest BCUT2D eigenvalue weighted by Crippen LogP contribution is 2.58. The van der Waals surface area contributed by atoms with E-state index in [1.54, 1.807) is 0 Å². The van der Waals surface area contributed by atoms with E-state index in [0.29, 0.717) is 30.3 Å². The van der Waals surface area contributed by atoms with Crippen LogP contribution in [0, 0.1) is 0 Å². The van der Waals surface area contributed by atoms with Crippen LogP contribution in [0.2, 0.25) is 0 Å². The summed E-state index contributed by atoms with van der Waals surface area (Å²) in [5, 5.41) is 170. The van der Waals surface area contributed by atoms with Crippen LogP contribution in [0.15, 0.2) is 60.7 Å². The molecular formula is C43H32O23. The number of carbonyl (C=O) groups excluding carboxylic acids is 2. The normalized spacial score (nSPS) is 17.3. The standard InChI is InChI=1S/C43H32O23/c44-14-5-19(46)16-11-29(64-41(60)12-1-20(47)32(54)21(48)2-12)38(62-27(16)7-14)17-9-24(51)34(56)36(58)30(17)31-18(10-25(52)35(57)37(31)59)39-43(65-40-26(53)6-15(45)8-28(40)63-39)66-42(61)13-3-22(49)33(55)23(50)4-13/h1-10,29,38-39,43-59H,11H2. The average Bonchev–Trinajstić information content (AvgIpc) is 3.25. The molecule has 16 N–H and O–H groups in total. The van der Waals surface area contributed by atoms with E-state index >= 15 is 0 Å². The number of aromatic hydroxyl groups is 16. The molecule has 0 bridgehead atoms. The highest BCUT2D eigenvalue weighted by atomic mass is 16.7. The van der Waals surface area contributed by atoms with Gasteiger partial charge in [0.25, 0.3) is 6.29 Å². The summed E-state index contributed by atoms with van der Waals surface area (Å²) in [7, 11) is 0. The Balaban J connectivity index is 1.34. The fourth-order valence-corrected chi connectivity index (χ4v) is 7.39. The Labute approximate surface area is 366 Å². The first-order chi connectivity index (χ1) is 31.1. The van der Waals surface area contributed by atoms with Crippen molar-refractivity contribution in [3.63, 3.8) is 0 Å². The fraction of sp³-hybridized carbons (Fsp3) is 0.116. The van der Waals surface area contributed by atoms with E-state index in [1.807, 2.05) is 0 Å². The van der Waals surface area contributed by atoms with Crippen molar-refractivity contribution in [2.45, 2.75) is 31.0 Å². The number of esters is 2. The van der Waals surface area contributed by atoms with Crippen LogP contribution >= 0.6 is 0 Å². The number of carbonyl (C=O) groups is 2. The maximum Gasteiger partial charge on any atom is 0.341 e. The number of ether oxygens (including phenoxy) is 5. The summed E-state index contributed by atoms with van der Waals surface area (Å²) in [6.45, 7) is 0. The predicted octanol–water partition coefficient (Wildman–Crippen LogP) is 4.24. The Morgan fingerprint density at radius 2 is 0.848 bits per heavy atom. The Hall–Kier alpha value is -9.54. The predicted molar refractivity (Wildman–Crippen MR) is 214 cm³/mol. The molecule has 0 saturated carbocycles. The van der Waals surface area contributed by atoms with Crippen molar-refractivity contribution in [2.75, 3.05) is 0 Å². The molecule has 342 valence electrons. The molecule has 2 aliphatic rings. The van der Waals surface area contributed by atoms with Gasteiger partial charge in [-0.15, -0.1) is 0 Å². The zero-order valence-electron chi connectivity index (χ0n) is 32.8. The molecule has 0 aromatic heterocycles. The maximum atomic E-state index is 13.7. The third kappa shape index (κ3) is 7.26. The van der Waals surface area contributed by atoms with Crippen LogP contribution in [0.1, 0.15) is 49.6 Å². The highest BCUT2D eigenvalue weighted by molar-refractivity contribution is 5.93. The van der Waals surface area contributed by atoms with Crippen molar-refractivity contribution in [1.82, 2.24) is 0 Å². The first-order valence-electron chi connectivity index (χ1n) is 18.7. The van der Waals surface area contributed by atoms with E-state index < -0.39 is 180 Å². The fourth-order valence-electron chi connectivity index (χ4n) is 7.39. The number of phenols is 16. The number of fused-ring (bicyclic) bond motifs is 2. The number of rotatable bonds is 7. The SMILES string of the molecule is O=C(OC1Cc2c(O)cc(O)cc2OC1c1cc(O)c(O)c(O)c1-c1c(C2Oc3cc(O)cc(O)c3OC2OC(=O)c2cc(O)c(O)c(O)c2)cc(O)c(O)c1O)c1cc(O)c(O)c(O)c1. The van der Waals surface area contributed by atoms with E-state index in [0.717, 1.165) is 30.3 Å². The molecule has 66 heavy (non-hydrogen) atoms. The lowest BCUT2D eigenvalue weighted by Crippen LogP contribution is -2.37. The van der Waals surface area contributed by atoms with Crippen LogP contribution in [-0.4, -0.2) is 106 Å². The summed E-state index contributed by atoms with van der Waals surface area (Å²) in [6, 6.07) is 7.78. The van der Waals surface area contributed by atoms with Crippen LogP contribution in [-0.2, 0) is 15.9 Å². The third-order valence-corrected chi connectivity index (χ3v) is 10.4. The van der Waals surface area contributed by atoms with Crippen molar-refractivity contribution in [1.29, 1.82) is 0 Å². The molecule has 8 rings (SSSR count). The molecule has 6 aromatic rings. The topological polar surface area (TPSA) is 404 Å². The molecule has 2 aliphatic heterocycles. The van der Waals surface area contributed by atoms with Gasteiger partial charge < -0.3 is 105 Å². The second-order valence-corrected chi connectivity index (χ2v) is 14.7. The van der Waals surface area contributed by atoms with Gasteiger partial charge >= 0.3 is 11.9 Å². The Kier molecular flexibility index (Phi) is 10.2. The summed E-state index contributed by atoms with van der Waals surface area (Å²) in [5.41, 5.74) is -4.26. The lowest BCUT2D eigenvalue weighted by molar-refractivity contribution is -0.125.